The molecule has 4 heteroatoms. The van der Waals surface area contributed by atoms with E-state index in [1.807, 2.05) is 24.3 Å². The third-order valence-electron chi connectivity index (χ3n) is 1.85. The van der Waals surface area contributed by atoms with Gasteiger partial charge in [-0.3, -0.25) is 4.79 Å². The highest BCUT2D eigenvalue weighted by Crippen LogP contribution is 2.24. The van der Waals surface area contributed by atoms with Crippen LogP contribution in [0.2, 0.25) is 0 Å². The molecule has 1 aromatic heterocycles. The maximum atomic E-state index is 10.5. The SMILES string of the molecule is O=Cc1cnc(-c2ccccc2Br)[nH]1. The fraction of sp³-hybridized carbons (Fsp3) is 0. The van der Waals surface area contributed by atoms with Crippen LogP contribution in [0.15, 0.2) is 34.9 Å². The number of nitrogens with zero attached hydrogens (tertiary/aromatic N) is 1. The van der Waals surface area contributed by atoms with Gasteiger partial charge in [-0.2, -0.15) is 0 Å². The lowest BCUT2D eigenvalue weighted by atomic mass is 10.2. The van der Waals surface area contributed by atoms with Crippen LogP contribution in [0.3, 0.4) is 0 Å². The summed E-state index contributed by atoms with van der Waals surface area (Å²) in [5.74, 6) is 0.694. The van der Waals surface area contributed by atoms with Gasteiger partial charge in [0.15, 0.2) is 6.29 Å². The summed E-state index contributed by atoms with van der Waals surface area (Å²) >= 11 is 3.42. The molecule has 0 aliphatic carbocycles. The zero-order valence-electron chi connectivity index (χ0n) is 7.20. The van der Waals surface area contributed by atoms with Crippen molar-refractivity contribution in [1.29, 1.82) is 0 Å². The average Bonchev–Trinajstić information content (AvgIpc) is 2.67. The van der Waals surface area contributed by atoms with Gasteiger partial charge in [0.05, 0.1) is 11.9 Å². The number of carbonyl (C=O) groups is 1. The number of benzene rings is 1. The van der Waals surface area contributed by atoms with Gasteiger partial charge in [-0.1, -0.05) is 34.1 Å². The van der Waals surface area contributed by atoms with E-state index >= 15 is 0 Å². The lowest BCUT2D eigenvalue weighted by molar-refractivity contribution is 0.111. The fourth-order valence-electron chi connectivity index (χ4n) is 1.19. The molecule has 14 heavy (non-hydrogen) atoms. The van der Waals surface area contributed by atoms with Crippen LogP contribution in [-0.2, 0) is 0 Å². The van der Waals surface area contributed by atoms with Gasteiger partial charge in [-0.25, -0.2) is 4.98 Å². The zero-order valence-corrected chi connectivity index (χ0v) is 8.78. The summed E-state index contributed by atoms with van der Waals surface area (Å²) in [6.07, 6.45) is 2.26. The minimum absolute atomic E-state index is 0.482. The number of hydrogen-bond donors (Lipinski definition) is 1. The summed E-state index contributed by atoms with van der Waals surface area (Å²) in [4.78, 5) is 17.5. The van der Waals surface area contributed by atoms with Gasteiger partial charge in [0.25, 0.3) is 0 Å². The van der Waals surface area contributed by atoms with Crippen LogP contribution in [0.25, 0.3) is 11.4 Å². The molecule has 0 radical (unpaired) electrons. The second-order valence-electron chi connectivity index (χ2n) is 2.78. The van der Waals surface area contributed by atoms with Crippen LogP contribution in [0.4, 0.5) is 0 Å². The molecule has 1 aromatic carbocycles. The Bertz CT molecular complexity index is 465. The van der Waals surface area contributed by atoms with E-state index in [0.717, 1.165) is 16.3 Å². The molecule has 0 saturated heterocycles. The molecule has 70 valence electrons. The normalized spacial score (nSPS) is 10.1. The van der Waals surface area contributed by atoms with E-state index in [4.69, 9.17) is 0 Å². The Hall–Kier alpha value is -1.42. The Kier molecular flexibility index (Phi) is 2.45. The van der Waals surface area contributed by atoms with Gasteiger partial charge in [0, 0.05) is 10.0 Å². The number of imidazole rings is 1. The van der Waals surface area contributed by atoms with Crippen LogP contribution in [-0.4, -0.2) is 16.3 Å². The van der Waals surface area contributed by atoms with Crippen LogP contribution in [0.1, 0.15) is 10.5 Å². The van der Waals surface area contributed by atoms with E-state index < -0.39 is 0 Å². The van der Waals surface area contributed by atoms with Gasteiger partial charge in [-0.05, 0) is 6.07 Å². The summed E-state index contributed by atoms with van der Waals surface area (Å²) in [5.41, 5.74) is 1.43. The van der Waals surface area contributed by atoms with Crippen molar-refractivity contribution in [2.75, 3.05) is 0 Å². The largest absolute Gasteiger partial charge is 0.336 e. The van der Waals surface area contributed by atoms with Gasteiger partial charge in [0.1, 0.15) is 5.82 Å². The first-order valence-electron chi connectivity index (χ1n) is 4.06. The van der Waals surface area contributed by atoms with E-state index in [1.54, 1.807) is 0 Å². The molecule has 1 N–H and O–H groups in total. The summed E-state index contributed by atoms with van der Waals surface area (Å²) in [7, 11) is 0. The summed E-state index contributed by atoms with van der Waals surface area (Å²) in [6.45, 7) is 0. The second-order valence-corrected chi connectivity index (χ2v) is 3.64. The Balaban J connectivity index is 2.49. The molecule has 2 rings (SSSR count). The minimum Gasteiger partial charge on any atom is -0.336 e. The summed E-state index contributed by atoms with van der Waals surface area (Å²) in [6, 6.07) is 7.70. The van der Waals surface area contributed by atoms with Gasteiger partial charge < -0.3 is 4.98 Å². The molecule has 0 aliphatic rings. The Morgan fingerprint density at radius 1 is 1.36 bits per heavy atom. The Labute approximate surface area is 89.3 Å². The number of rotatable bonds is 2. The molecule has 0 amide bonds. The number of aldehydes is 1. The number of aromatic amines is 1. The maximum absolute atomic E-state index is 10.5. The molecule has 1 heterocycles. The molecule has 0 bridgehead atoms. The predicted molar refractivity (Wildman–Crippen MR) is 57.1 cm³/mol. The fourth-order valence-corrected chi connectivity index (χ4v) is 1.66. The van der Waals surface area contributed by atoms with Gasteiger partial charge in [0.2, 0.25) is 0 Å². The molecule has 0 aliphatic heterocycles. The van der Waals surface area contributed by atoms with Crippen molar-refractivity contribution >= 4 is 22.2 Å². The number of hydrogen-bond acceptors (Lipinski definition) is 2. The monoisotopic (exact) mass is 250 g/mol. The average molecular weight is 251 g/mol. The van der Waals surface area contributed by atoms with Crippen molar-refractivity contribution in [1.82, 2.24) is 9.97 Å². The van der Waals surface area contributed by atoms with Crippen molar-refractivity contribution in [2.24, 2.45) is 0 Å². The van der Waals surface area contributed by atoms with E-state index in [2.05, 4.69) is 25.9 Å². The van der Waals surface area contributed by atoms with Crippen LogP contribution in [0.5, 0.6) is 0 Å². The van der Waals surface area contributed by atoms with Crippen LogP contribution >= 0.6 is 15.9 Å². The highest BCUT2D eigenvalue weighted by molar-refractivity contribution is 9.10. The summed E-state index contributed by atoms with van der Waals surface area (Å²) in [5, 5.41) is 0. The lowest BCUT2D eigenvalue weighted by Crippen LogP contribution is -1.82. The van der Waals surface area contributed by atoms with Gasteiger partial charge in [-0.15, -0.1) is 0 Å². The molecule has 0 atom stereocenters. The molecular weight excluding hydrogens is 244 g/mol. The minimum atomic E-state index is 0.482. The second kappa shape index (κ2) is 3.75. The third kappa shape index (κ3) is 1.61. The number of H-pyrrole nitrogens is 1. The molecular formula is C10H7BrN2O. The molecule has 0 saturated carbocycles. The van der Waals surface area contributed by atoms with E-state index in [-0.39, 0.29) is 0 Å². The van der Waals surface area contributed by atoms with Crippen molar-refractivity contribution < 1.29 is 4.79 Å². The van der Waals surface area contributed by atoms with Crippen molar-refractivity contribution in [3.8, 4) is 11.4 Å². The van der Waals surface area contributed by atoms with Crippen molar-refractivity contribution in [3.63, 3.8) is 0 Å². The standard InChI is InChI=1S/C10H7BrN2O/c11-9-4-2-1-3-8(9)10-12-5-7(6-14)13-10/h1-6H,(H,12,13). The first-order chi connectivity index (χ1) is 6.81. The molecule has 0 unspecified atom stereocenters. The number of carbonyl (C=O) groups excluding carboxylic acids is 1. The molecule has 0 fully saturated rings. The first kappa shape index (κ1) is 9.15. The van der Waals surface area contributed by atoms with Crippen LogP contribution in [0, 0.1) is 0 Å². The number of halogens is 1. The Morgan fingerprint density at radius 2 is 2.14 bits per heavy atom. The third-order valence-corrected chi connectivity index (χ3v) is 2.54. The Morgan fingerprint density at radius 3 is 2.79 bits per heavy atom. The quantitative estimate of drug-likeness (QED) is 0.834. The summed E-state index contributed by atoms with van der Waals surface area (Å²) < 4.78 is 0.951. The zero-order chi connectivity index (χ0) is 9.97. The van der Waals surface area contributed by atoms with Crippen LogP contribution < -0.4 is 0 Å². The number of aromatic nitrogens is 2. The maximum Gasteiger partial charge on any atom is 0.167 e. The predicted octanol–water partition coefficient (Wildman–Crippen LogP) is 2.65. The highest BCUT2D eigenvalue weighted by Gasteiger charge is 2.05. The first-order valence-corrected chi connectivity index (χ1v) is 4.85. The molecule has 2 aromatic rings. The van der Waals surface area contributed by atoms with E-state index in [9.17, 15) is 4.79 Å². The smallest absolute Gasteiger partial charge is 0.167 e. The van der Waals surface area contributed by atoms with E-state index in [0.29, 0.717) is 11.5 Å². The number of nitrogens with one attached hydrogen (secondary N) is 1. The van der Waals surface area contributed by atoms with E-state index in [1.165, 1.54) is 6.20 Å². The highest BCUT2D eigenvalue weighted by atomic mass is 79.9. The topological polar surface area (TPSA) is 45.8 Å². The van der Waals surface area contributed by atoms with Crippen molar-refractivity contribution in [3.05, 3.63) is 40.6 Å². The lowest BCUT2D eigenvalue weighted by Gasteiger charge is -1.98. The van der Waals surface area contributed by atoms with Gasteiger partial charge >= 0.3 is 0 Å². The molecule has 0 spiro atoms. The van der Waals surface area contributed by atoms with Crippen molar-refractivity contribution in [2.45, 2.75) is 0 Å². The molecule has 3 nitrogen and oxygen atoms in total.